The molecule has 1 N–H and O–H groups in total. The minimum Gasteiger partial charge on any atom is -0.378 e. The number of aryl methyl sites for hydroxylation is 1. The molecule has 2 saturated heterocycles. The Morgan fingerprint density at radius 2 is 1.74 bits per heavy atom. The summed E-state index contributed by atoms with van der Waals surface area (Å²) in [5.74, 6) is 0.00000578. The minimum absolute atomic E-state index is 0.224. The highest BCUT2D eigenvalue weighted by molar-refractivity contribution is 6.06. The molecule has 0 spiro atoms. The molecule has 9 heteroatoms. The van der Waals surface area contributed by atoms with Gasteiger partial charge in [-0.1, -0.05) is 19.1 Å². The molecule has 5 rings (SSSR count). The maximum absolute atomic E-state index is 15.7. The predicted octanol–water partition coefficient (Wildman–Crippen LogP) is 4.46. The fourth-order valence-electron chi connectivity index (χ4n) is 5.26. The van der Waals surface area contributed by atoms with Gasteiger partial charge in [0.15, 0.2) is 0 Å². The van der Waals surface area contributed by atoms with Crippen LogP contribution in [0.3, 0.4) is 0 Å². The van der Waals surface area contributed by atoms with E-state index in [1.807, 2.05) is 18.2 Å². The predicted molar refractivity (Wildman–Crippen MR) is 153 cm³/mol. The Labute approximate surface area is 229 Å². The summed E-state index contributed by atoms with van der Waals surface area (Å²) in [5.41, 5.74) is 3.81. The first kappa shape index (κ1) is 27.0. The van der Waals surface area contributed by atoms with Crippen molar-refractivity contribution in [2.24, 2.45) is 0 Å². The maximum atomic E-state index is 15.7. The van der Waals surface area contributed by atoms with Crippen molar-refractivity contribution in [1.29, 1.82) is 0 Å². The number of morpholine rings is 1. The zero-order chi connectivity index (χ0) is 27.5. The van der Waals surface area contributed by atoms with E-state index in [0.29, 0.717) is 47.2 Å². The van der Waals surface area contributed by atoms with E-state index >= 15 is 4.39 Å². The highest BCUT2D eigenvalue weighted by atomic mass is 19.1. The Hall–Kier alpha value is -3.56. The second-order valence-corrected chi connectivity index (χ2v) is 10.5. The smallest absolute Gasteiger partial charge is 0.255 e. The summed E-state index contributed by atoms with van der Waals surface area (Å²) in [4.78, 5) is 28.9. The van der Waals surface area contributed by atoms with Gasteiger partial charge in [-0.05, 0) is 57.1 Å². The van der Waals surface area contributed by atoms with Crippen molar-refractivity contribution in [3.63, 3.8) is 0 Å². The van der Waals surface area contributed by atoms with Gasteiger partial charge in [0.2, 0.25) is 5.95 Å². The fourth-order valence-corrected chi connectivity index (χ4v) is 5.26. The van der Waals surface area contributed by atoms with Crippen molar-refractivity contribution in [2.75, 3.05) is 61.6 Å². The van der Waals surface area contributed by atoms with Crippen LogP contribution in [-0.2, 0) is 11.2 Å². The molecule has 1 aromatic heterocycles. The lowest BCUT2D eigenvalue weighted by molar-refractivity contribution is 0.102. The molecule has 0 bridgehead atoms. The number of rotatable bonds is 6. The van der Waals surface area contributed by atoms with Crippen LogP contribution in [-0.4, -0.2) is 79.3 Å². The van der Waals surface area contributed by atoms with Gasteiger partial charge in [0.05, 0.1) is 24.6 Å². The molecule has 2 aromatic carbocycles. The molecule has 3 heterocycles. The van der Waals surface area contributed by atoms with E-state index in [9.17, 15) is 4.79 Å². The summed E-state index contributed by atoms with van der Waals surface area (Å²) in [7, 11) is 2.11. The molecule has 39 heavy (non-hydrogen) atoms. The maximum Gasteiger partial charge on any atom is 0.255 e. The Balaban J connectivity index is 1.50. The van der Waals surface area contributed by atoms with E-state index in [4.69, 9.17) is 4.74 Å². The highest BCUT2D eigenvalue weighted by Crippen LogP contribution is 2.36. The first-order valence-corrected chi connectivity index (χ1v) is 13.7. The van der Waals surface area contributed by atoms with Gasteiger partial charge in [-0.25, -0.2) is 14.4 Å². The van der Waals surface area contributed by atoms with Gasteiger partial charge in [-0.2, -0.15) is 0 Å². The topological polar surface area (TPSA) is 73.8 Å². The summed E-state index contributed by atoms with van der Waals surface area (Å²) in [6.45, 7) is 10.5. The van der Waals surface area contributed by atoms with Gasteiger partial charge in [-0.15, -0.1) is 0 Å². The van der Waals surface area contributed by atoms with Crippen LogP contribution < -0.4 is 15.1 Å². The van der Waals surface area contributed by atoms with Gasteiger partial charge in [0.1, 0.15) is 5.82 Å². The minimum atomic E-state index is -0.377. The second kappa shape index (κ2) is 11.7. The quantitative estimate of drug-likeness (QED) is 0.502. The lowest BCUT2D eigenvalue weighted by Gasteiger charge is -2.44. The van der Waals surface area contributed by atoms with Crippen LogP contribution >= 0.6 is 0 Å². The standard InChI is InChI=1S/C30H37FN6O2/c1-5-22-7-6-8-23(13-22)29(38)34-27-14-25(24-16-32-30(33-17-24)36-9-11-39-12-10-36)26(31)15-28(27)37-18-20(2)35(4)21(3)19-37/h6-8,13-17,20-21H,5,9-12,18-19H2,1-4H3,(H,34,38)/t20-,21+. The lowest BCUT2D eigenvalue weighted by Crippen LogP contribution is -2.55. The van der Waals surface area contributed by atoms with Gasteiger partial charge in [-0.3, -0.25) is 9.69 Å². The Bertz CT molecular complexity index is 1300. The van der Waals surface area contributed by atoms with Crippen molar-refractivity contribution in [1.82, 2.24) is 14.9 Å². The van der Waals surface area contributed by atoms with E-state index < -0.39 is 0 Å². The number of carbonyl (C=O) groups is 1. The van der Waals surface area contributed by atoms with E-state index in [-0.39, 0.29) is 23.8 Å². The summed E-state index contributed by atoms with van der Waals surface area (Å²) in [5, 5.41) is 3.09. The third kappa shape index (κ3) is 5.89. The number of carbonyl (C=O) groups excluding carboxylic acids is 1. The molecule has 3 aromatic rings. The number of nitrogens with one attached hydrogen (secondary N) is 1. The molecule has 2 aliphatic heterocycles. The zero-order valence-corrected chi connectivity index (χ0v) is 23.2. The molecule has 0 aliphatic carbocycles. The third-order valence-corrected chi connectivity index (χ3v) is 7.87. The molecule has 8 nitrogen and oxygen atoms in total. The number of benzene rings is 2. The molecule has 0 saturated carbocycles. The van der Waals surface area contributed by atoms with Crippen LogP contribution in [0.4, 0.5) is 21.7 Å². The number of anilines is 3. The summed E-state index contributed by atoms with van der Waals surface area (Å²) >= 11 is 0. The molecule has 206 valence electrons. The van der Waals surface area contributed by atoms with E-state index in [0.717, 1.165) is 38.2 Å². The molecule has 1 amide bonds. The van der Waals surface area contributed by atoms with Gasteiger partial charge >= 0.3 is 0 Å². The second-order valence-electron chi connectivity index (χ2n) is 10.5. The molecule has 2 atom stereocenters. The molecule has 0 radical (unpaired) electrons. The van der Waals surface area contributed by atoms with Crippen molar-refractivity contribution in [2.45, 2.75) is 39.3 Å². The van der Waals surface area contributed by atoms with Crippen molar-refractivity contribution in [3.05, 3.63) is 65.7 Å². The number of aromatic nitrogens is 2. The van der Waals surface area contributed by atoms with E-state index in [2.05, 4.69) is 57.8 Å². The number of piperazine rings is 1. The van der Waals surface area contributed by atoms with Crippen LogP contribution in [0.1, 0.15) is 36.7 Å². The zero-order valence-electron chi connectivity index (χ0n) is 23.2. The Kier molecular flexibility index (Phi) is 8.09. The van der Waals surface area contributed by atoms with Gasteiger partial charge in [0, 0.05) is 67.3 Å². The van der Waals surface area contributed by atoms with Crippen molar-refractivity contribution in [3.8, 4) is 11.1 Å². The Morgan fingerprint density at radius 1 is 1.05 bits per heavy atom. The normalized spacial score (nSPS) is 20.2. The van der Waals surface area contributed by atoms with Crippen molar-refractivity contribution >= 4 is 23.2 Å². The molecular formula is C30H37FN6O2. The van der Waals surface area contributed by atoms with E-state index in [1.165, 1.54) is 6.07 Å². The number of hydrogen-bond acceptors (Lipinski definition) is 7. The Morgan fingerprint density at radius 3 is 2.41 bits per heavy atom. The summed E-state index contributed by atoms with van der Waals surface area (Å²) in [6, 6.07) is 11.4. The molecular weight excluding hydrogens is 495 g/mol. The summed E-state index contributed by atoms with van der Waals surface area (Å²) in [6.07, 6.45) is 4.13. The number of hydrogen-bond donors (Lipinski definition) is 1. The number of halogens is 1. The van der Waals surface area contributed by atoms with Crippen LogP contribution in [0, 0.1) is 5.82 Å². The largest absolute Gasteiger partial charge is 0.378 e. The molecule has 2 aliphatic rings. The highest BCUT2D eigenvalue weighted by Gasteiger charge is 2.29. The first-order valence-electron chi connectivity index (χ1n) is 13.7. The number of amides is 1. The van der Waals surface area contributed by atoms with Crippen LogP contribution in [0.15, 0.2) is 48.8 Å². The third-order valence-electron chi connectivity index (χ3n) is 7.87. The van der Waals surface area contributed by atoms with Gasteiger partial charge in [0.25, 0.3) is 5.91 Å². The fraction of sp³-hybridized carbons (Fsp3) is 0.433. The number of nitrogens with zero attached hydrogens (tertiary/aromatic N) is 5. The first-order chi connectivity index (χ1) is 18.8. The van der Waals surface area contributed by atoms with Gasteiger partial charge < -0.3 is 19.9 Å². The van der Waals surface area contributed by atoms with Crippen LogP contribution in [0.5, 0.6) is 0 Å². The number of likely N-dealkylation sites (N-methyl/N-ethyl adjacent to an activating group) is 1. The summed E-state index contributed by atoms with van der Waals surface area (Å²) < 4.78 is 21.1. The molecule has 2 fully saturated rings. The lowest BCUT2D eigenvalue weighted by atomic mass is 10.0. The average molecular weight is 533 g/mol. The molecule has 0 unspecified atom stereocenters. The van der Waals surface area contributed by atoms with Crippen LogP contribution in [0.2, 0.25) is 0 Å². The average Bonchev–Trinajstić information content (AvgIpc) is 2.97. The SMILES string of the molecule is CCc1cccc(C(=O)Nc2cc(-c3cnc(N4CCOCC4)nc3)c(F)cc2N2C[C@@H](C)N(C)[C@@H](C)C2)c1. The number of ether oxygens (including phenoxy) is 1. The monoisotopic (exact) mass is 532 g/mol. The van der Waals surface area contributed by atoms with Crippen LogP contribution in [0.25, 0.3) is 11.1 Å². The van der Waals surface area contributed by atoms with Crippen molar-refractivity contribution < 1.29 is 13.9 Å². The van der Waals surface area contributed by atoms with E-state index in [1.54, 1.807) is 24.5 Å².